The van der Waals surface area contributed by atoms with Crippen molar-refractivity contribution >= 4 is 17.0 Å². The van der Waals surface area contributed by atoms with Gasteiger partial charge in [0.15, 0.2) is 11.5 Å². The molecule has 0 saturated heterocycles. The number of nitrogens with zero attached hydrogens (tertiary/aromatic N) is 4. The van der Waals surface area contributed by atoms with E-state index in [4.69, 9.17) is 5.73 Å². The predicted molar refractivity (Wildman–Crippen MR) is 79.8 cm³/mol. The first-order valence-electron chi connectivity index (χ1n) is 7.31. The summed E-state index contributed by atoms with van der Waals surface area (Å²) in [5, 5.41) is 31.1. The fourth-order valence-electron chi connectivity index (χ4n) is 3.58. The molecule has 2 aromatic rings. The van der Waals surface area contributed by atoms with Crippen LogP contribution in [0.15, 0.2) is 12.7 Å². The maximum Gasteiger partial charge on any atom is 0.165 e. The molecule has 1 aliphatic rings. The van der Waals surface area contributed by atoms with E-state index in [9.17, 15) is 15.3 Å². The Bertz CT molecular complexity index is 695. The molecule has 22 heavy (non-hydrogen) atoms. The van der Waals surface area contributed by atoms with Crippen LogP contribution < -0.4 is 5.73 Å². The summed E-state index contributed by atoms with van der Waals surface area (Å²) in [5.74, 6) is 0.269. The van der Waals surface area contributed by atoms with Crippen LogP contribution in [0.4, 0.5) is 5.82 Å². The number of aromatic nitrogens is 4. The molecule has 1 aliphatic carbocycles. The SMILES string of the molecule is CC[C@]1(CO)C[C@@H](n2cnc3c(N)ncnc32)[C@](C)(O)[C@@H]1O. The Kier molecular flexibility index (Phi) is 3.35. The van der Waals surface area contributed by atoms with Crippen LogP contribution in [0.3, 0.4) is 0 Å². The van der Waals surface area contributed by atoms with Crippen molar-refractivity contribution < 1.29 is 15.3 Å². The lowest BCUT2D eigenvalue weighted by atomic mass is 9.80. The normalized spacial score (nSPS) is 35.3. The molecule has 2 aromatic heterocycles. The van der Waals surface area contributed by atoms with Crippen LogP contribution in [0.5, 0.6) is 0 Å². The standard InChI is InChI=1S/C14H21N5O3/c1-3-14(5-20)4-8(13(2,22)12(14)21)19-7-18-9-10(15)16-6-17-11(9)19/h6-8,12,20-22H,3-5H2,1-2H3,(H2,15,16,17)/t8-,12+,13+,14-/m1/s1. The monoisotopic (exact) mass is 307 g/mol. The van der Waals surface area contributed by atoms with Gasteiger partial charge in [0.25, 0.3) is 0 Å². The van der Waals surface area contributed by atoms with Crippen molar-refractivity contribution in [1.29, 1.82) is 0 Å². The number of nitrogens with two attached hydrogens (primary N) is 1. The molecule has 1 fully saturated rings. The third-order valence-electron chi connectivity index (χ3n) is 5.15. The summed E-state index contributed by atoms with van der Waals surface area (Å²) in [4.78, 5) is 12.3. The van der Waals surface area contributed by atoms with Gasteiger partial charge in [0, 0.05) is 5.41 Å². The molecule has 4 atom stereocenters. The van der Waals surface area contributed by atoms with Crippen LogP contribution in [-0.2, 0) is 0 Å². The number of rotatable bonds is 3. The van der Waals surface area contributed by atoms with E-state index in [-0.39, 0.29) is 12.4 Å². The maximum absolute atomic E-state index is 10.8. The lowest BCUT2D eigenvalue weighted by molar-refractivity contribution is -0.105. The Labute approximate surface area is 127 Å². The lowest BCUT2D eigenvalue weighted by Crippen LogP contribution is -2.46. The first-order valence-corrected chi connectivity index (χ1v) is 7.31. The van der Waals surface area contributed by atoms with Crippen molar-refractivity contribution in [1.82, 2.24) is 19.5 Å². The second-order valence-electron chi connectivity index (χ2n) is 6.31. The summed E-state index contributed by atoms with van der Waals surface area (Å²) in [6.45, 7) is 3.27. The van der Waals surface area contributed by atoms with Crippen LogP contribution in [0.1, 0.15) is 32.7 Å². The summed E-state index contributed by atoms with van der Waals surface area (Å²) >= 11 is 0. The Hall–Kier alpha value is -1.77. The van der Waals surface area contributed by atoms with Gasteiger partial charge in [0.1, 0.15) is 17.4 Å². The van der Waals surface area contributed by atoms with E-state index < -0.39 is 23.2 Å². The van der Waals surface area contributed by atoms with Gasteiger partial charge in [0.2, 0.25) is 0 Å². The largest absolute Gasteiger partial charge is 0.396 e. The zero-order chi connectivity index (χ0) is 16.1. The fourth-order valence-corrected chi connectivity index (χ4v) is 3.58. The summed E-state index contributed by atoms with van der Waals surface area (Å²) in [6.07, 6.45) is 2.82. The molecule has 0 unspecified atom stereocenters. The molecule has 1 saturated carbocycles. The summed E-state index contributed by atoms with van der Waals surface area (Å²) in [7, 11) is 0. The predicted octanol–water partition coefficient (Wildman–Crippen LogP) is -0.146. The van der Waals surface area contributed by atoms with Gasteiger partial charge in [-0.2, -0.15) is 0 Å². The second kappa shape index (κ2) is 4.87. The van der Waals surface area contributed by atoms with Crippen molar-refractivity contribution in [2.45, 2.75) is 44.4 Å². The highest BCUT2D eigenvalue weighted by Gasteiger charge is 2.59. The van der Waals surface area contributed by atoms with Crippen molar-refractivity contribution in [2.75, 3.05) is 12.3 Å². The van der Waals surface area contributed by atoms with Crippen molar-refractivity contribution in [3.05, 3.63) is 12.7 Å². The van der Waals surface area contributed by atoms with Gasteiger partial charge in [-0.15, -0.1) is 0 Å². The highest BCUT2D eigenvalue weighted by atomic mass is 16.3. The molecule has 120 valence electrons. The molecular formula is C14H21N5O3. The van der Waals surface area contributed by atoms with E-state index in [0.717, 1.165) is 0 Å². The third kappa shape index (κ3) is 1.84. The van der Waals surface area contributed by atoms with Crippen molar-refractivity contribution in [3.63, 3.8) is 0 Å². The Morgan fingerprint density at radius 3 is 2.73 bits per heavy atom. The van der Waals surface area contributed by atoms with Crippen LogP contribution in [0, 0.1) is 5.41 Å². The zero-order valence-corrected chi connectivity index (χ0v) is 12.6. The van der Waals surface area contributed by atoms with Gasteiger partial charge in [-0.05, 0) is 19.8 Å². The van der Waals surface area contributed by atoms with Crippen LogP contribution in [-0.4, -0.2) is 53.2 Å². The average Bonchev–Trinajstić information content (AvgIpc) is 3.00. The van der Waals surface area contributed by atoms with E-state index in [1.807, 2.05) is 6.92 Å². The quantitative estimate of drug-likeness (QED) is 0.620. The minimum Gasteiger partial charge on any atom is -0.396 e. The molecule has 8 heteroatoms. The molecule has 0 bridgehead atoms. The topological polar surface area (TPSA) is 130 Å². The summed E-state index contributed by atoms with van der Waals surface area (Å²) < 4.78 is 1.71. The summed E-state index contributed by atoms with van der Waals surface area (Å²) in [5.41, 5.74) is 4.61. The lowest BCUT2D eigenvalue weighted by Gasteiger charge is -2.33. The molecule has 3 rings (SSSR count). The van der Waals surface area contributed by atoms with E-state index in [1.54, 1.807) is 17.8 Å². The highest BCUT2D eigenvalue weighted by Crippen LogP contribution is 2.52. The van der Waals surface area contributed by atoms with Crippen LogP contribution in [0.2, 0.25) is 0 Å². The molecule has 0 aromatic carbocycles. The molecule has 2 heterocycles. The molecule has 0 radical (unpaired) electrons. The zero-order valence-electron chi connectivity index (χ0n) is 12.6. The van der Waals surface area contributed by atoms with Crippen LogP contribution in [0.25, 0.3) is 11.2 Å². The van der Waals surface area contributed by atoms with E-state index in [2.05, 4.69) is 15.0 Å². The van der Waals surface area contributed by atoms with Crippen LogP contribution >= 0.6 is 0 Å². The maximum atomic E-state index is 10.8. The minimum atomic E-state index is -1.41. The minimum absolute atomic E-state index is 0.193. The first kappa shape index (κ1) is 15.1. The molecular weight excluding hydrogens is 286 g/mol. The third-order valence-corrected chi connectivity index (χ3v) is 5.15. The first-order chi connectivity index (χ1) is 10.4. The number of aliphatic hydroxyl groups is 3. The second-order valence-corrected chi connectivity index (χ2v) is 6.31. The smallest absolute Gasteiger partial charge is 0.165 e. The summed E-state index contributed by atoms with van der Waals surface area (Å²) in [6, 6.07) is -0.464. The fraction of sp³-hybridized carbons (Fsp3) is 0.643. The van der Waals surface area contributed by atoms with Gasteiger partial charge < -0.3 is 25.6 Å². The average molecular weight is 307 g/mol. The number of fused-ring (bicyclic) bond motifs is 1. The number of anilines is 1. The Balaban J connectivity index is 2.12. The van der Waals surface area contributed by atoms with Crippen molar-refractivity contribution in [3.8, 4) is 0 Å². The van der Waals surface area contributed by atoms with E-state index in [0.29, 0.717) is 24.0 Å². The van der Waals surface area contributed by atoms with Gasteiger partial charge in [-0.1, -0.05) is 6.92 Å². The van der Waals surface area contributed by atoms with Gasteiger partial charge in [-0.3, -0.25) is 0 Å². The van der Waals surface area contributed by atoms with E-state index >= 15 is 0 Å². The number of nitrogen functional groups attached to an aromatic ring is 1. The number of hydrogen-bond acceptors (Lipinski definition) is 7. The van der Waals surface area contributed by atoms with Gasteiger partial charge in [-0.25, -0.2) is 15.0 Å². The molecule has 8 nitrogen and oxygen atoms in total. The number of hydrogen-bond donors (Lipinski definition) is 4. The van der Waals surface area contributed by atoms with Gasteiger partial charge in [0.05, 0.1) is 25.1 Å². The Morgan fingerprint density at radius 1 is 1.41 bits per heavy atom. The van der Waals surface area contributed by atoms with Crippen molar-refractivity contribution in [2.24, 2.45) is 5.41 Å². The Morgan fingerprint density at radius 2 is 2.14 bits per heavy atom. The number of aliphatic hydroxyl groups excluding tert-OH is 2. The van der Waals surface area contributed by atoms with Gasteiger partial charge >= 0.3 is 0 Å². The highest BCUT2D eigenvalue weighted by molar-refractivity contribution is 5.81. The molecule has 0 spiro atoms. The molecule has 0 aliphatic heterocycles. The molecule has 0 amide bonds. The molecule has 5 N–H and O–H groups in total. The van der Waals surface area contributed by atoms with E-state index in [1.165, 1.54) is 6.33 Å². The number of imidazole rings is 1.